The first-order valence-electron chi connectivity index (χ1n) is 19.6. The van der Waals surface area contributed by atoms with Crippen molar-refractivity contribution in [3.8, 4) is 11.1 Å². The molecule has 1 aromatic heterocycles. The van der Waals surface area contributed by atoms with Gasteiger partial charge in [-0.2, -0.15) is 0 Å². The number of nitrogens with one attached hydrogen (secondary N) is 1. The standard InChI is InChI=1S/C45H46N6O7/c52-29-31-10-12-35(13-11-31)40-25-38(28-49-20-22-50(23-21-49)44-46-18-5-19-47-44)57-43(58-40)36-16-14-34(15-17-36)37-9-4-8-33(24-37)27-51-41(53)26-39(42(51)54)48-45(55)56-30-32-6-2-1-3-7-32/h1-19,24,38-40,43,52H,20-23,25-30H2,(H,48,55)/t38-,39?,40+,43+/m0/s1. The SMILES string of the molecule is O=C(NC1CC(=O)N(Cc2cccc(-c3ccc([C@@H]4O[C@H](CN5CCN(c6ncccn6)CC5)C[C@H](c5ccc(CO)cc5)O4)cc3)c2)C1=O)OCc1ccccc1. The Kier molecular flexibility index (Phi) is 12.1. The second-order valence-electron chi connectivity index (χ2n) is 14.8. The molecular weight excluding hydrogens is 737 g/mol. The van der Waals surface area contributed by atoms with Crippen LogP contribution in [0.15, 0.2) is 122 Å². The summed E-state index contributed by atoms with van der Waals surface area (Å²) in [6.45, 7) is 4.29. The summed E-state index contributed by atoms with van der Waals surface area (Å²) in [6, 6.07) is 33.8. The zero-order valence-electron chi connectivity index (χ0n) is 32.1. The molecule has 4 heterocycles. The minimum Gasteiger partial charge on any atom is -0.445 e. The summed E-state index contributed by atoms with van der Waals surface area (Å²) in [6.07, 6.45) is 2.50. The zero-order chi connectivity index (χ0) is 39.8. The van der Waals surface area contributed by atoms with Gasteiger partial charge in [0.05, 0.1) is 31.8 Å². The Hall–Kier alpha value is -5.99. The number of amides is 3. The first-order chi connectivity index (χ1) is 28.4. The molecule has 0 bridgehead atoms. The molecule has 3 fully saturated rings. The van der Waals surface area contributed by atoms with Crippen LogP contribution in [0.25, 0.3) is 11.1 Å². The van der Waals surface area contributed by atoms with Crippen LogP contribution in [-0.2, 0) is 43.6 Å². The second-order valence-corrected chi connectivity index (χ2v) is 14.8. The number of rotatable bonds is 12. The fraction of sp³-hybridized carbons (Fsp3) is 0.311. The molecule has 4 aromatic carbocycles. The molecule has 13 nitrogen and oxygen atoms in total. The Balaban J connectivity index is 0.908. The van der Waals surface area contributed by atoms with E-state index in [0.29, 0.717) is 6.42 Å². The monoisotopic (exact) mass is 782 g/mol. The third-order valence-corrected chi connectivity index (χ3v) is 10.8. The van der Waals surface area contributed by atoms with Crippen LogP contribution >= 0.6 is 0 Å². The van der Waals surface area contributed by atoms with Crippen LogP contribution in [0.2, 0.25) is 0 Å². The number of aliphatic hydroxyl groups is 1. The average Bonchev–Trinajstić information content (AvgIpc) is 3.53. The van der Waals surface area contributed by atoms with Gasteiger partial charge in [-0.25, -0.2) is 14.8 Å². The van der Waals surface area contributed by atoms with E-state index in [0.717, 1.165) is 77.6 Å². The number of anilines is 1. The zero-order valence-corrected chi connectivity index (χ0v) is 32.1. The molecule has 0 spiro atoms. The summed E-state index contributed by atoms with van der Waals surface area (Å²) in [5.74, 6) is -0.0658. The number of hydrogen-bond acceptors (Lipinski definition) is 11. The molecule has 4 atom stereocenters. The smallest absolute Gasteiger partial charge is 0.408 e. The number of nitrogens with zero attached hydrogens (tertiary/aromatic N) is 5. The lowest BCUT2D eigenvalue weighted by Crippen LogP contribution is -2.50. The Bertz CT molecular complexity index is 2170. The quantitative estimate of drug-likeness (QED) is 0.154. The Morgan fingerprint density at radius 3 is 2.24 bits per heavy atom. The van der Waals surface area contributed by atoms with Gasteiger partial charge in [-0.15, -0.1) is 0 Å². The van der Waals surface area contributed by atoms with Crippen molar-refractivity contribution in [2.24, 2.45) is 0 Å². The van der Waals surface area contributed by atoms with Crippen molar-refractivity contribution in [3.05, 3.63) is 149 Å². The highest BCUT2D eigenvalue weighted by molar-refractivity contribution is 6.06. The van der Waals surface area contributed by atoms with E-state index in [1.165, 1.54) is 4.90 Å². The van der Waals surface area contributed by atoms with E-state index < -0.39 is 24.3 Å². The first kappa shape index (κ1) is 38.9. The molecule has 3 saturated heterocycles. The third kappa shape index (κ3) is 9.41. The number of hydrogen-bond donors (Lipinski definition) is 2. The summed E-state index contributed by atoms with van der Waals surface area (Å²) in [5, 5.41) is 12.2. The van der Waals surface area contributed by atoms with Crippen molar-refractivity contribution in [2.45, 2.75) is 57.1 Å². The minimum absolute atomic E-state index is 0.0181. The van der Waals surface area contributed by atoms with Crippen molar-refractivity contribution in [1.82, 2.24) is 25.1 Å². The summed E-state index contributed by atoms with van der Waals surface area (Å²) in [4.78, 5) is 53.2. The number of piperazine rings is 1. The molecule has 298 valence electrons. The summed E-state index contributed by atoms with van der Waals surface area (Å²) in [7, 11) is 0. The highest BCUT2D eigenvalue weighted by Crippen LogP contribution is 2.39. The Morgan fingerprint density at radius 1 is 0.776 bits per heavy atom. The molecule has 3 aliphatic heterocycles. The van der Waals surface area contributed by atoms with Gasteiger partial charge in [0, 0.05) is 57.1 Å². The van der Waals surface area contributed by atoms with E-state index in [2.05, 4.69) is 25.1 Å². The molecule has 1 unspecified atom stereocenters. The number of aliphatic hydroxyl groups excluding tert-OH is 1. The van der Waals surface area contributed by atoms with E-state index in [1.54, 1.807) is 12.4 Å². The predicted octanol–water partition coefficient (Wildman–Crippen LogP) is 5.56. The minimum atomic E-state index is -0.977. The number of benzene rings is 4. The van der Waals surface area contributed by atoms with Crippen LogP contribution in [0.1, 0.15) is 53.1 Å². The number of ether oxygens (including phenoxy) is 3. The number of alkyl carbamates (subject to hydrolysis) is 1. The molecule has 0 radical (unpaired) electrons. The van der Waals surface area contributed by atoms with Gasteiger partial charge in [0.2, 0.25) is 11.9 Å². The summed E-state index contributed by atoms with van der Waals surface area (Å²) >= 11 is 0. The van der Waals surface area contributed by atoms with Crippen LogP contribution in [0.4, 0.5) is 10.7 Å². The van der Waals surface area contributed by atoms with Crippen molar-refractivity contribution < 1.29 is 33.7 Å². The predicted molar refractivity (Wildman–Crippen MR) is 215 cm³/mol. The molecular formula is C45H46N6O7. The number of carbonyl (C=O) groups excluding carboxylic acids is 3. The van der Waals surface area contributed by atoms with Crippen molar-refractivity contribution in [2.75, 3.05) is 37.6 Å². The lowest BCUT2D eigenvalue weighted by Gasteiger charge is -2.40. The number of aromatic nitrogens is 2. The first-order valence-corrected chi connectivity index (χ1v) is 19.6. The van der Waals surface area contributed by atoms with Crippen molar-refractivity contribution in [3.63, 3.8) is 0 Å². The Morgan fingerprint density at radius 2 is 1.50 bits per heavy atom. The fourth-order valence-electron chi connectivity index (χ4n) is 7.64. The van der Waals surface area contributed by atoms with Crippen LogP contribution in [-0.4, -0.2) is 87.7 Å². The molecule has 3 amide bonds. The fourth-order valence-corrected chi connectivity index (χ4v) is 7.64. The molecule has 0 aliphatic carbocycles. The van der Waals surface area contributed by atoms with Gasteiger partial charge >= 0.3 is 6.09 Å². The van der Waals surface area contributed by atoms with Gasteiger partial charge in [0.25, 0.3) is 5.91 Å². The van der Waals surface area contributed by atoms with Crippen LogP contribution in [0, 0.1) is 0 Å². The highest BCUT2D eigenvalue weighted by Gasteiger charge is 2.40. The van der Waals surface area contributed by atoms with Crippen LogP contribution < -0.4 is 10.2 Å². The Labute approximate surface area is 337 Å². The lowest BCUT2D eigenvalue weighted by atomic mass is 9.98. The van der Waals surface area contributed by atoms with E-state index in [1.807, 2.05) is 109 Å². The highest BCUT2D eigenvalue weighted by atomic mass is 16.7. The maximum atomic E-state index is 13.2. The molecule has 0 saturated carbocycles. The summed E-state index contributed by atoms with van der Waals surface area (Å²) in [5.41, 5.74) is 6.25. The van der Waals surface area contributed by atoms with Crippen molar-refractivity contribution in [1.29, 1.82) is 0 Å². The normalized spacial score (nSPS) is 21.3. The van der Waals surface area contributed by atoms with Crippen LogP contribution in [0.3, 0.4) is 0 Å². The molecule has 8 rings (SSSR count). The van der Waals surface area contributed by atoms with Crippen molar-refractivity contribution >= 4 is 23.9 Å². The molecule has 58 heavy (non-hydrogen) atoms. The van der Waals surface area contributed by atoms with E-state index in [-0.39, 0.29) is 44.3 Å². The van der Waals surface area contributed by atoms with E-state index >= 15 is 0 Å². The molecule has 2 N–H and O–H groups in total. The maximum Gasteiger partial charge on any atom is 0.408 e. The van der Waals surface area contributed by atoms with Gasteiger partial charge < -0.3 is 29.5 Å². The summed E-state index contributed by atoms with van der Waals surface area (Å²) < 4.78 is 18.5. The van der Waals surface area contributed by atoms with Crippen LogP contribution in [0.5, 0.6) is 0 Å². The van der Waals surface area contributed by atoms with E-state index in [9.17, 15) is 19.5 Å². The largest absolute Gasteiger partial charge is 0.445 e. The van der Waals surface area contributed by atoms with Gasteiger partial charge in [-0.05, 0) is 45.5 Å². The van der Waals surface area contributed by atoms with Gasteiger partial charge in [0.15, 0.2) is 6.29 Å². The number of carbonyl (C=O) groups is 3. The second kappa shape index (κ2) is 18.1. The average molecular weight is 783 g/mol. The topological polar surface area (TPSA) is 147 Å². The molecule has 5 aromatic rings. The number of imide groups is 1. The lowest BCUT2D eigenvalue weighted by molar-refractivity contribution is -0.253. The third-order valence-electron chi connectivity index (χ3n) is 10.8. The maximum absolute atomic E-state index is 13.2. The van der Waals surface area contributed by atoms with Gasteiger partial charge in [0.1, 0.15) is 12.6 Å². The van der Waals surface area contributed by atoms with Gasteiger partial charge in [-0.1, -0.05) is 97.1 Å². The number of likely N-dealkylation sites (tertiary alicyclic amines) is 1. The molecule has 13 heteroatoms. The molecule has 3 aliphatic rings. The van der Waals surface area contributed by atoms with E-state index in [4.69, 9.17) is 14.2 Å². The van der Waals surface area contributed by atoms with Gasteiger partial charge in [-0.3, -0.25) is 19.4 Å².